The molecule has 3 rings (SSSR count). The van der Waals surface area contributed by atoms with Crippen LogP contribution in [-0.2, 0) is 5.41 Å². The van der Waals surface area contributed by atoms with Crippen LogP contribution in [0.3, 0.4) is 0 Å². The number of hydrogen-bond acceptors (Lipinski definition) is 3. The van der Waals surface area contributed by atoms with Crippen molar-refractivity contribution in [2.24, 2.45) is 5.92 Å². The molecule has 2 aromatic rings. The van der Waals surface area contributed by atoms with Gasteiger partial charge in [-0.1, -0.05) is 83.9 Å². The van der Waals surface area contributed by atoms with Crippen molar-refractivity contribution in [1.29, 1.82) is 0 Å². The van der Waals surface area contributed by atoms with Gasteiger partial charge in [-0.25, -0.2) is 0 Å². The lowest BCUT2D eigenvalue weighted by atomic mass is 9.67. The highest BCUT2D eigenvalue weighted by atomic mass is 28.3. The minimum absolute atomic E-state index is 0.216. The molecule has 0 saturated carbocycles. The maximum Gasteiger partial charge on any atom is 0.114 e. The predicted octanol–water partition coefficient (Wildman–Crippen LogP) is 6.81. The maximum absolute atomic E-state index is 5.94. The van der Waals surface area contributed by atoms with E-state index in [-0.39, 0.29) is 5.41 Å². The van der Waals surface area contributed by atoms with Gasteiger partial charge in [0.25, 0.3) is 0 Å². The molecular formula is C28H47N3OSi. The van der Waals surface area contributed by atoms with E-state index in [1.165, 1.54) is 68.4 Å². The van der Waals surface area contributed by atoms with Crippen LogP contribution < -0.4 is 4.84 Å². The van der Waals surface area contributed by atoms with Crippen molar-refractivity contribution in [3.63, 3.8) is 0 Å². The molecule has 4 nitrogen and oxygen atoms in total. The minimum Gasteiger partial charge on any atom is -0.397 e. The van der Waals surface area contributed by atoms with Crippen molar-refractivity contribution in [2.45, 2.75) is 90.9 Å². The smallest absolute Gasteiger partial charge is 0.114 e. The predicted molar refractivity (Wildman–Crippen MR) is 144 cm³/mol. The van der Waals surface area contributed by atoms with E-state index in [1.54, 1.807) is 4.85 Å². The molecule has 1 aliphatic heterocycles. The number of likely N-dealkylation sites (tertiary alicyclic amines) is 1. The Labute approximate surface area is 203 Å². The lowest BCUT2D eigenvalue weighted by Crippen LogP contribution is -2.47. The van der Waals surface area contributed by atoms with Gasteiger partial charge >= 0.3 is 0 Å². The quantitative estimate of drug-likeness (QED) is 0.268. The molecule has 1 aliphatic rings. The largest absolute Gasteiger partial charge is 0.397 e. The first kappa shape index (κ1) is 26.0. The fraction of sp³-hybridized carbons (Fsp3) is 0.679. The zero-order valence-electron chi connectivity index (χ0n) is 22.3. The van der Waals surface area contributed by atoms with E-state index in [0.717, 1.165) is 18.3 Å². The van der Waals surface area contributed by atoms with Crippen molar-refractivity contribution in [3.05, 3.63) is 41.7 Å². The van der Waals surface area contributed by atoms with E-state index >= 15 is 0 Å². The molecular weight excluding hydrogens is 422 g/mol. The Morgan fingerprint density at radius 1 is 1.18 bits per heavy atom. The van der Waals surface area contributed by atoms with Gasteiger partial charge in [0.1, 0.15) is 6.61 Å². The van der Waals surface area contributed by atoms with Crippen LogP contribution in [0.5, 0.6) is 0 Å². The summed E-state index contributed by atoms with van der Waals surface area (Å²) in [6.07, 6.45) is 8.68. The Bertz CT molecular complexity index is 888. The average Bonchev–Trinajstić information content (AvgIpc) is 3.13. The molecule has 2 atom stereocenters. The highest BCUT2D eigenvalue weighted by Gasteiger charge is 2.37. The van der Waals surface area contributed by atoms with Crippen LogP contribution in [0.1, 0.15) is 64.1 Å². The molecule has 1 aromatic heterocycles. The Kier molecular flexibility index (Phi) is 8.85. The van der Waals surface area contributed by atoms with Crippen LogP contribution in [0, 0.1) is 12.8 Å². The monoisotopic (exact) mass is 469 g/mol. The van der Waals surface area contributed by atoms with Crippen molar-refractivity contribution in [2.75, 3.05) is 26.2 Å². The molecule has 0 spiro atoms. The Morgan fingerprint density at radius 2 is 1.97 bits per heavy atom. The van der Waals surface area contributed by atoms with Gasteiger partial charge in [0.15, 0.2) is 0 Å². The summed E-state index contributed by atoms with van der Waals surface area (Å²) in [6, 6.07) is 10.3. The Morgan fingerprint density at radius 3 is 2.67 bits per heavy atom. The van der Waals surface area contributed by atoms with Gasteiger partial charge in [0.2, 0.25) is 0 Å². The highest BCUT2D eigenvalue weighted by Crippen LogP contribution is 2.40. The van der Waals surface area contributed by atoms with Gasteiger partial charge in [-0.05, 0) is 61.4 Å². The highest BCUT2D eigenvalue weighted by molar-refractivity contribution is 6.76. The van der Waals surface area contributed by atoms with Crippen molar-refractivity contribution in [1.82, 2.24) is 14.8 Å². The zero-order valence-corrected chi connectivity index (χ0v) is 23.3. The van der Waals surface area contributed by atoms with Gasteiger partial charge in [-0.2, -0.15) is 0 Å². The molecule has 0 N–H and O–H groups in total. The van der Waals surface area contributed by atoms with E-state index < -0.39 is 8.07 Å². The molecule has 1 saturated heterocycles. The van der Waals surface area contributed by atoms with Crippen molar-refractivity contribution >= 4 is 8.07 Å². The fourth-order valence-electron chi connectivity index (χ4n) is 4.98. The average molecular weight is 470 g/mol. The Hall–Kier alpha value is -1.59. The summed E-state index contributed by atoms with van der Waals surface area (Å²) in [5.41, 5.74) is 5.13. The molecule has 0 amide bonds. The minimum atomic E-state index is -1.11. The first-order valence-electron chi connectivity index (χ1n) is 13.2. The molecule has 1 aromatic carbocycles. The van der Waals surface area contributed by atoms with Gasteiger partial charge in [-0.15, -0.1) is 9.94 Å². The molecule has 5 heteroatoms. The second kappa shape index (κ2) is 11.2. The third-order valence-electron chi connectivity index (χ3n) is 7.68. The SMILES string of the molecule is CCCCCCN1CCC(C)(c2cccc(-c3cn(OCC[Si](C)(C)C)nc3C)c2)C(C)C1. The number of aryl methyl sites for hydroxylation is 1. The number of benzene rings is 1. The maximum atomic E-state index is 5.94. The topological polar surface area (TPSA) is 30.3 Å². The van der Waals surface area contributed by atoms with Crippen LogP contribution in [-0.4, -0.2) is 49.2 Å². The number of aromatic nitrogens is 2. The summed E-state index contributed by atoms with van der Waals surface area (Å²) in [5, 5.41) is 4.64. The van der Waals surface area contributed by atoms with E-state index in [1.807, 2.05) is 0 Å². The normalized spacial score (nSPS) is 22.0. The summed E-state index contributed by atoms with van der Waals surface area (Å²) < 4.78 is 0. The number of unbranched alkanes of at least 4 members (excludes halogenated alkanes) is 3. The molecule has 33 heavy (non-hydrogen) atoms. The van der Waals surface area contributed by atoms with Crippen molar-refractivity contribution < 1.29 is 4.84 Å². The number of rotatable bonds is 11. The first-order valence-corrected chi connectivity index (χ1v) is 16.9. The van der Waals surface area contributed by atoms with Crippen LogP contribution in [0.2, 0.25) is 25.7 Å². The second-order valence-corrected chi connectivity index (χ2v) is 17.3. The van der Waals surface area contributed by atoms with Gasteiger partial charge in [0.05, 0.1) is 11.9 Å². The third kappa shape index (κ3) is 6.95. The first-order chi connectivity index (χ1) is 15.6. The molecule has 0 bridgehead atoms. The molecule has 0 aliphatic carbocycles. The van der Waals surface area contributed by atoms with Crippen molar-refractivity contribution in [3.8, 4) is 11.1 Å². The van der Waals surface area contributed by atoms with E-state index in [4.69, 9.17) is 4.84 Å². The molecule has 2 unspecified atom stereocenters. The van der Waals surface area contributed by atoms with Crippen LogP contribution in [0.4, 0.5) is 0 Å². The summed E-state index contributed by atoms with van der Waals surface area (Å²) in [7, 11) is -1.11. The van der Waals surface area contributed by atoms with Crippen LogP contribution in [0.15, 0.2) is 30.5 Å². The summed E-state index contributed by atoms with van der Waals surface area (Å²) in [5.74, 6) is 0.640. The van der Waals surface area contributed by atoms with Crippen LogP contribution in [0.25, 0.3) is 11.1 Å². The molecule has 2 heterocycles. The standard InChI is InChI=1S/C28H47N3OSi/c1-8-9-10-11-16-30-17-15-28(4,23(2)21-30)26-14-12-13-25(20-26)27-22-31(29-24(27)3)32-18-19-33(5,6)7/h12-14,20,22-23H,8-11,15-19,21H2,1-7H3. The van der Waals surface area contributed by atoms with Gasteiger partial charge < -0.3 is 9.74 Å². The molecule has 184 valence electrons. The van der Waals surface area contributed by atoms with E-state index in [0.29, 0.717) is 5.92 Å². The van der Waals surface area contributed by atoms with Crippen LogP contribution >= 0.6 is 0 Å². The number of nitrogens with zero attached hydrogens (tertiary/aromatic N) is 3. The van der Waals surface area contributed by atoms with Gasteiger partial charge in [0, 0.05) is 20.2 Å². The molecule has 0 radical (unpaired) electrons. The van der Waals surface area contributed by atoms with Gasteiger partial charge in [-0.3, -0.25) is 0 Å². The summed E-state index contributed by atoms with van der Waals surface area (Å²) in [6.45, 7) is 20.8. The second-order valence-electron chi connectivity index (χ2n) is 11.7. The number of piperidine rings is 1. The fourth-order valence-corrected chi connectivity index (χ4v) is 5.69. The zero-order chi connectivity index (χ0) is 24.1. The van der Waals surface area contributed by atoms with E-state index in [9.17, 15) is 0 Å². The Balaban J connectivity index is 1.68. The number of hydrogen-bond donors (Lipinski definition) is 0. The third-order valence-corrected chi connectivity index (χ3v) is 9.39. The van der Waals surface area contributed by atoms with E-state index in [2.05, 4.69) is 87.8 Å². The molecule has 1 fully saturated rings. The lowest BCUT2D eigenvalue weighted by molar-refractivity contribution is 0.0916. The summed E-state index contributed by atoms with van der Waals surface area (Å²) in [4.78, 5) is 10.3. The summed E-state index contributed by atoms with van der Waals surface area (Å²) >= 11 is 0. The lowest BCUT2D eigenvalue weighted by Gasteiger charge is -2.45.